The molecule has 210 valence electrons. The molecule has 2 aromatic heterocycles. The van der Waals surface area contributed by atoms with Crippen LogP contribution in [0.15, 0.2) is 36.7 Å². The Morgan fingerprint density at radius 2 is 2.00 bits per heavy atom. The lowest BCUT2D eigenvalue weighted by atomic mass is 10.0. The summed E-state index contributed by atoms with van der Waals surface area (Å²) in [6, 6.07) is 8.88. The van der Waals surface area contributed by atoms with E-state index in [0.29, 0.717) is 6.42 Å². The van der Waals surface area contributed by atoms with E-state index in [1.807, 2.05) is 30.3 Å². The molecule has 3 aromatic rings. The Bertz CT molecular complexity index is 1340. The summed E-state index contributed by atoms with van der Waals surface area (Å²) < 4.78 is 44.3. The van der Waals surface area contributed by atoms with E-state index in [0.717, 1.165) is 5.56 Å². The van der Waals surface area contributed by atoms with Crippen LogP contribution in [0.25, 0.3) is 11.2 Å². The van der Waals surface area contributed by atoms with Crippen molar-refractivity contribution in [3.8, 4) is 0 Å². The van der Waals surface area contributed by atoms with E-state index in [1.54, 1.807) is 6.92 Å². The number of aliphatic hydroxyl groups excluding tert-OH is 2. The molecule has 0 unspecified atom stereocenters. The number of benzene rings is 1. The van der Waals surface area contributed by atoms with Crippen LogP contribution in [0.3, 0.4) is 0 Å². The van der Waals surface area contributed by atoms with Crippen molar-refractivity contribution in [1.82, 2.24) is 24.8 Å². The molecule has 0 radical (unpaired) electrons. The predicted octanol–water partition coefficient (Wildman–Crippen LogP) is 2.30. The maximum absolute atomic E-state index is 12.8. The van der Waals surface area contributed by atoms with Gasteiger partial charge in [0.25, 0.3) is 0 Å². The first-order valence-corrected chi connectivity index (χ1v) is 12.5. The highest BCUT2D eigenvalue weighted by Crippen LogP contribution is 2.40. The maximum Gasteiger partial charge on any atom is 0.490 e. The number of esters is 1. The van der Waals surface area contributed by atoms with E-state index in [9.17, 15) is 33.0 Å². The van der Waals surface area contributed by atoms with Gasteiger partial charge in [-0.3, -0.25) is 9.36 Å². The van der Waals surface area contributed by atoms with Gasteiger partial charge in [0.1, 0.15) is 17.9 Å². The van der Waals surface area contributed by atoms with E-state index in [4.69, 9.17) is 11.6 Å². The van der Waals surface area contributed by atoms with Crippen molar-refractivity contribution in [2.45, 2.75) is 62.7 Å². The zero-order chi connectivity index (χ0) is 28.4. The van der Waals surface area contributed by atoms with Gasteiger partial charge in [0.05, 0.1) is 19.0 Å². The van der Waals surface area contributed by atoms with Gasteiger partial charge in [-0.1, -0.05) is 37.3 Å². The lowest BCUT2D eigenvalue weighted by Crippen LogP contribution is -2.57. The van der Waals surface area contributed by atoms with Crippen LogP contribution in [-0.2, 0) is 26.4 Å². The van der Waals surface area contributed by atoms with Crippen molar-refractivity contribution in [3.63, 3.8) is 0 Å². The summed E-state index contributed by atoms with van der Waals surface area (Å²) in [5.74, 6) is -2.83. The second-order valence-corrected chi connectivity index (χ2v) is 9.43. The molecule has 1 aliphatic carbocycles. The molecule has 0 saturated heterocycles. The number of nitrogens with one attached hydrogen (secondary N) is 2. The Hall–Kier alpha value is -3.49. The monoisotopic (exact) mass is 570 g/mol. The third kappa shape index (κ3) is 5.92. The Morgan fingerprint density at radius 3 is 2.64 bits per heavy atom. The standard InChI is InChI=1S/C24H26ClF3N6O5/c1-2-16(36)33-23(9-8-15(18(23)37)39-21(38)24(26,27)28)34-12-29-17-19(31-22(25)32-20(17)34)30-14(11-35)10-13-6-4-3-5-7-13/h3-7,12,14-15,18,35,37H,2,8-11H2,1H3,(H,33,36)(H,30,31,32)/t14-,15-,18-,23-/m0/s1. The van der Waals surface area contributed by atoms with Crippen molar-refractivity contribution < 1.29 is 37.7 Å². The number of fused-ring (bicyclic) bond motifs is 1. The minimum Gasteiger partial charge on any atom is -0.453 e. The highest BCUT2D eigenvalue weighted by molar-refractivity contribution is 6.28. The van der Waals surface area contributed by atoms with Gasteiger partial charge >= 0.3 is 12.1 Å². The summed E-state index contributed by atoms with van der Waals surface area (Å²) in [4.78, 5) is 36.7. The third-order valence-electron chi connectivity index (χ3n) is 6.50. The Kier molecular flexibility index (Phi) is 8.28. The molecule has 0 spiro atoms. The van der Waals surface area contributed by atoms with Gasteiger partial charge in [-0.05, 0) is 36.4 Å². The lowest BCUT2D eigenvalue weighted by molar-refractivity contribution is -0.209. The Balaban J connectivity index is 1.72. The molecule has 11 nitrogen and oxygen atoms in total. The smallest absolute Gasteiger partial charge is 0.453 e. The topological polar surface area (TPSA) is 151 Å². The quantitative estimate of drug-likeness (QED) is 0.224. The van der Waals surface area contributed by atoms with Gasteiger partial charge in [-0.15, -0.1) is 0 Å². The number of ether oxygens (including phenoxy) is 1. The highest BCUT2D eigenvalue weighted by Gasteiger charge is 2.54. The number of rotatable bonds is 9. The number of aromatic nitrogens is 4. The van der Waals surface area contributed by atoms with Crippen LogP contribution < -0.4 is 10.6 Å². The zero-order valence-corrected chi connectivity index (χ0v) is 21.4. The summed E-state index contributed by atoms with van der Waals surface area (Å²) in [7, 11) is 0. The lowest BCUT2D eigenvalue weighted by Gasteiger charge is -2.36. The zero-order valence-electron chi connectivity index (χ0n) is 20.7. The second-order valence-electron chi connectivity index (χ2n) is 9.09. The van der Waals surface area contributed by atoms with Gasteiger partial charge in [0, 0.05) is 6.42 Å². The highest BCUT2D eigenvalue weighted by atomic mass is 35.5. The number of alkyl halides is 3. The van der Waals surface area contributed by atoms with E-state index < -0.39 is 42.0 Å². The molecule has 4 atom stereocenters. The normalized spacial score (nSPS) is 22.0. The summed E-state index contributed by atoms with van der Waals surface area (Å²) in [5, 5.41) is 26.6. The minimum absolute atomic E-state index is 0.00564. The van der Waals surface area contributed by atoms with Crippen LogP contribution in [0.1, 0.15) is 31.7 Å². The number of hydrogen-bond acceptors (Lipinski definition) is 9. The number of carbonyl (C=O) groups excluding carboxylic acids is 2. The predicted molar refractivity (Wildman–Crippen MR) is 133 cm³/mol. The number of halogens is 4. The molecular formula is C24H26ClF3N6O5. The van der Waals surface area contributed by atoms with Crippen molar-refractivity contribution >= 4 is 40.5 Å². The Morgan fingerprint density at radius 1 is 1.28 bits per heavy atom. The fourth-order valence-electron chi connectivity index (χ4n) is 4.61. The maximum atomic E-state index is 12.8. The number of imidazole rings is 1. The molecule has 2 heterocycles. The first-order chi connectivity index (χ1) is 18.5. The molecule has 39 heavy (non-hydrogen) atoms. The van der Waals surface area contributed by atoms with Crippen LogP contribution in [0.4, 0.5) is 19.0 Å². The molecular weight excluding hydrogens is 545 g/mol. The number of aliphatic hydroxyl groups is 2. The molecule has 1 aliphatic rings. The van der Waals surface area contributed by atoms with Crippen LogP contribution in [0, 0.1) is 0 Å². The van der Waals surface area contributed by atoms with Crippen LogP contribution in [-0.4, -0.2) is 72.6 Å². The fourth-order valence-corrected chi connectivity index (χ4v) is 4.78. The van der Waals surface area contributed by atoms with Crippen molar-refractivity contribution in [2.75, 3.05) is 11.9 Å². The van der Waals surface area contributed by atoms with Gasteiger partial charge in [-0.25, -0.2) is 9.78 Å². The number of anilines is 1. The largest absolute Gasteiger partial charge is 0.490 e. The third-order valence-corrected chi connectivity index (χ3v) is 6.67. The summed E-state index contributed by atoms with van der Waals surface area (Å²) >= 11 is 6.20. The van der Waals surface area contributed by atoms with Crippen LogP contribution >= 0.6 is 11.6 Å². The van der Waals surface area contributed by atoms with Crippen LogP contribution in [0.5, 0.6) is 0 Å². The second kappa shape index (κ2) is 11.3. The number of nitrogens with zero attached hydrogens (tertiary/aromatic N) is 4. The first-order valence-electron chi connectivity index (χ1n) is 12.1. The SMILES string of the molecule is CCC(=O)N[C@]1(n2cnc3c(N[C@H](CO)Cc4ccccc4)nc(Cl)nc32)CC[C@H](OC(=O)C(F)(F)F)[C@@H]1O. The summed E-state index contributed by atoms with van der Waals surface area (Å²) in [6.07, 6.45) is -7.27. The van der Waals surface area contributed by atoms with Crippen molar-refractivity contribution in [2.24, 2.45) is 0 Å². The Labute approximate surface area is 225 Å². The first kappa shape index (κ1) is 28.5. The molecule has 0 aliphatic heterocycles. The molecule has 4 rings (SSSR count). The summed E-state index contributed by atoms with van der Waals surface area (Å²) in [5.41, 5.74) is -0.597. The van der Waals surface area contributed by atoms with E-state index >= 15 is 0 Å². The van der Waals surface area contributed by atoms with E-state index in [1.165, 1.54) is 10.9 Å². The van der Waals surface area contributed by atoms with Crippen molar-refractivity contribution in [1.29, 1.82) is 0 Å². The van der Waals surface area contributed by atoms with E-state index in [-0.39, 0.29) is 48.1 Å². The summed E-state index contributed by atoms with van der Waals surface area (Å²) in [6.45, 7) is 1.29. The molecule has 1 aromatic carbocycles. The minimum atomic E-state index is -5.26. The molecule has 0 bridgehead atoms. The number of hydrogen-bond donors (Lipinski definition) is 4. The van der Waals surface area contributed by atoms with Gasteiger partial charge < -0.3 is 25.6 Å². The number of carbonyl (C=O) groups is 2. The molecule has 1 amide bonds. The van der Waals surface area contributed by atoms with E-state index in [2.05, 4.69) is 30.3 Å². The van der Waals surface area contributed by atoms with Gasteiger partial charge in [0.15, 0.2) is 17.0 Å². The average molecular weight is 571 g/mol. The molecule has 15 heteroatoms. The van der Waals surface area contributed by atoms with Crippen LogP contribution in [0.2, 0.25) is 5.28 Å². The number of amides is 1. The van der Waals surface area contributed by atoms with Crippen molar-refractivity contribution in [3.05, 3.63) is 47.5 Å². The fraction of sp³-hybridized carbons (Fsp3) is 0.458. The molecule has 4 N–H and O–H groups in total. The molecule has 1 saturated carbocycles. The molecule has 1 fully saturated rings. The van der Waals surface area contributed by atoms with Gasteiger partial charge in [0.2, 0.25) is 11.2 Å². The van der Waals surface area contributed by atoms with Gasteiger partial charge in [-0.2, -0.15) is 23.1 Å². The average Bonchev–Trinajstić information content (AvgIpc) is 3.45.